The molecule has 0 unspecified atom stereocenters. The number of aromatic hydroxyl groups is 1. The fourth-order valence-electron chi connectivity index (χ4n) is 8.07. The van der Waals surface area contributed by atoms with Crippen molar-refractivity contribution in [3.05, 3.63) is 28.8 Å². The van der Waals surface area contributed by atoms with Gasteiger partial charge in [-0.1, -0.05) is 45.7 Å². The third-order valence-electron chi connectivity index (χ3n) is 11.4. The number of ether oxygens (including phenoxy) is 2. The Morgan fingerprint density at radius 2 is 1.11 bits per heavy atom. The summed E-state index contributed by atoms with van der Waals surface area (Å²) in [5, 5.41) is 10.9. The molecule has 256 valence electrons. The summed E-state index contributed by atoms with van der Waals surface area (Å²) < 4.78 is 12.9. The molecule has 0 bridgehead atoms. The summed E-state index contributed by atoms with van der Waals surface area (Å²) in [5.74, 6) is -0.643. The van der Waals surface area contributed by atoms with Gasteiger partial charge in [0.2, 0.25) is 0 Å². The van der Waals surface area contributed by atoms with Gasteiger partial charge >= 0.3 is 11.9 Å². The normalized spacial score (nSPS) is 22.2. The third kappa shape index (κ3) is 7.89. The highest BCUT2D eigenvalue weighted by Gasteiger charge is 2.53. The van der Waals surface area contributed by atoms with Crippen LogP contribution in [-0.2, 0) is 38.3 Å². The average molecular weight is 629 g/mol. The lowest BCUT2D eigenvalue weighted by atomic mass is 9.75. The number of esters is 2. The van der Waals surface area contributed by atoms with Crippen LogP contribution in [0.2, 0.25) is 0 Å². The second-order valence-corrected chi connectivity index (χ2v) is 16.6. The molecule has 7 nitrogen and oxygen atoms in total. The van der Waals surface area contributed by atoms with Crippen LogP contribution in [0.15, 0.2) is 12.1 Å². The van der Waals surface area contributed by atoms with Gasteiger partial charge in [-0.3, -0.25) is 19.4 Å². The Labute approximate surface area is 274 Å². The van der Waals surface area contributed by atoms with Crippen molar-refractivity contribution < 1.29 is 24.2 Å². The molecule has 2 aliphatic rings. The van der Waals surface area contributed by atoms with E-state index in [4.69, 9.17) is 9.47 Å². The number of phenolic OH excluding ortho intramolecular Hbond substituents is 1. The SMILES string of the molecule is CCCCC(Cc1cc(CC)c(O)c(CC)c1)(C(=O)OC1CC(C)(C)N(C)C(C)(C)C1)C(=O)OC1CC(C)(C)N(C)C(C)(C)C1. The Balaban J connectivity index is 2.09. The van der Waals surface area contributed by atoms with Crippen molar-refractivity contribution in [1.82, 2.24) is 9.80 Å². The number of rotatable bonds is 11. The lowest BCUT2D eigenvalue weighted by molar-refractivity contribution is -0.188. The molecular weight excluding hydrogens is 564 g/mol. The lowest BCUT2D eigenvalue weighted by Crippen LogP contribution is -2.61. The highest BCUT2D eigenvalue weighted by Crippen LogP contribution is 2.43. The van der Waals surface area contributed by atoms with Gasteiger partial charge in [-0.25, -0.2) is 0 Å². The number of nitrogens with zero attached hydrogens (tertiary/aromatic N) is 2. The molecule has 0 radical (unpaired) electrons. The van der Waals surface area contributed by atoms with E-state index in [1.54, 1.807) is 0 Å². The van der Waals surface area contributed by atoms with Gasteiger partial charge in [0.05, 0.1) is 0 Å². The largest absolute Gasteiger partial charge is 0.507 e. The van der Waals surface area contributed by atoms with E-state index in [-0.39, 0.29) is 40.8 Å². The minimum atomic E-state index is -1.49. The van der Waals surface area contributed by atoms with E-state index >= 15 is 0 Å². The number of carbonyl (C=O) groups is 2. The molecule has 0 aliphatic carbocycles. The Morgan fingerprint density at radius 1 is 0.756 bits per heavy atom. The molecule has 1 aromatic carbocycles. The van der Waals surface area contributed by atoms with Gasteiger partial charge in [0.15, 0.2) is 5.41 Å². The fraction of sp³-hybridized carbons (Fsp3) is 0.789. The molecule has 1 aromatic rings. The van der Waals surface area contributed by atoms with Crippen LogP contribution < -0.4 is 0 Å². The molecular formula is C38H64N2O5. The first-order chi connectivity index (χ1) is 20.7. The van der Waals surface area contributed by atoms with E-state index < -0.39 is 17.4 Å². The summed E-state index contributed by atoms with van der Waals surface area (Å²) in [6.07, 6.45) is 5.50. The zero-order valence-corrected chi connectivity index (χ0v) is 30.9. The zero-order chi connectivity index (χ0) is 34.2. The highest BCUT2D eigenvalue weighted by atomic mass is 16.6. The van der Waals surface area contributed by atoms with E-state index in [1.807, 2.05) is 26.0 Å². The molecule has 3 rings (SSSR count). The van der Waals surface area contributed by atoms with Crippen molar-refractivity contribution in [2.75, 3.05) is 14.1 Å². The van der Waals surface area contributed by atoms with E-state index in [0.29, 0.717) is 57.1 Å². The maximum absolute atomic E-state index is 14.7. The van der Waals surface area contributed by atoms with Crippen LogP contribution in [0.1, 0.15) is 138 Å². The number of hydrogen-bond donors (Lipinski definition) is 1. The molecule has 45 heavy (non-hydrogen) atoms. The molecule has 1 N–H and O–H groups in total. The first kappa shape index (κ1) is 37.3. The molecule has 0 atom stereocenters. The van der Waals surface area contributed by atoms with E-state index in [0.717, 1.165) is 23.1 Å². The summed E-state index contributed by atoms with van der Waals surface area (Å²) in [4.78, 5) is 34.2. The van der Waals surface area contributed by atoms with E-state index in [2.05, 4.69) is 86.2 Å². The molecule has 0 aromatic heterocycles. The number of likely N-dealkylation sites (tertiary alicyclic amines) is 2. The smallest absolute Gasteiger partial charge is 0.324 e. The maximum Gasteiger partial charge on any atom is 0.324 e. The Morgan fingerprint density at radius 3 is 1.42 bits per heavy atom. The fourth-order valence-corrected chi connectivity index (χ4v) is 8.07. The molecule has 7 heteroatoms. The number of hydrogen-bond acceptors (Lipinski definition) is 7. The average Bonchev–Trinajstić information content (AvgIpc) is 2.92. The molecule has 0 spiro atoms. The van der Waals surface area contributed by atoms with E-state index in [1.165, 1.54) is 0 Å². The van der Waals surface area contributed by atoms with Crippen LogP contribution in [-0.4, -0.2) is 75.3 Å². The standard InChI is InChI=1S/C38H64N2O5/c1-14-17-18-38(21-26-19-27(15-2)31(41)28(16-3)20-26,32(42)44-29-22-34(4,5)39(12)35(6,7)23-29)33(43)45-30-24-36(8,9)40(13)37(10,11)25-30/h19-20,29-30,41H,14-18,21-25H2,1-13H3. The van der Waals surface area contributed by atoms with Gasteiger partial charge in [-0.05, 0) is 112 Å². The number of aryl methyl sites for hydroxylation is 2. The predicted molar refractivity (Wildman–Crippen MR) is 183 cm³/mol. The van der Waals surface area contributed by atoms with Gasteiger partial charge in [-0.2, -0.15) is 0 Å². The van der Waals surface area contributed by atoms with Crippen molar-refractivity contribution >= 4 is 11.9 Å². The van der Waals surface area contributed by atoms with Gasteiger partial charge in [0.25, 0.3) is 0 Å². The molecule has 0 amide bonds. The number of phenols is 1. The van der Waals surface area contributed by atoms with Gasteiger partial charge < -0.3 is 14.6 Å². The topological polar surface area (TPSA) is 79.3 Å². The van der Waals surface area contributed by atoms with Gasteiger partial charge in [0, 0.05) is 47.8 Å². The second-order valence-electron chi connectivity index (χ2n) is 16.6. The first-order valence-corrected chi connectivity index (χ1v) is 17.4. The minimum absolute atomic E-state index is 0.173. The zero-order valence-electron chi connectivity index (χ0n) is 30.9. The predicted octanol–water partition coefficient (Wildman–Crippen LogP) is 7.63. The van der Waals surface area contributed by atoms with Crippen molar-refractivity contribution in [3.63, 3.8) is 0 Å². The summed E-state index contributed by atoms with van der Waals surface area (Å²) in [6.45, 7) is 23.6. The van der Waals surface area contributed by atoms with Gasteiger partial charge in [0.1, 0.15) is 18.0 Å². The van der Waals surface area contributed by atoms with Crippen molar-refractivity contribution in [1.29, 1.82) is 0 Å². The third-order valence-corrected chi connectivity index (χ3v) is 11.4. The van der Waals surface area contributed by atoms with Crippen molar-refractivity contribution in [2.24, 2.45) is 5.41 Å². The number of carbonyl (C=O) groups excluding carboxylic acids is 2. The summed E-state index contributed by atoms with van der Waals surface area (Å²) in [7, 11) is 4.26. The highest BCUT2D eigenvalue weighted by molar-refractivity contribution is 6.00. The maximum atomic E-state index is 14.7. The monoisotopic (exact) mass is 628 g/mol. The second kappa shape index (κ2) is 13.5. The molecule has 0 saturated carbocycles. The minimum Gasteiger partial charge on any atom is -0.507 e. The Kier molecular flexibility index (Phi) is 11.2. The quantitative estimate of drug-likeness (QED) is 0.199. The summed E-state index contributed by atoms with van der Waals surface area (Å²) >= 11 is 0. The molecule has 2 heterocycles. The van der Waals surface area contributed by atoms with Crippen LogP contribution >= 0.6 is 0 Å². The Hall–Kier alpha value is -2.12. The van der Waals surface area contributed by atoms with Crippen LogP contribution in [0, 0.1) is 5.41 Å². The van der Waals surface area contributed by atoms with Gasteiger partial charge in [-0.15, -0.1) is 0 Å². The van der Waals surface area contributed by atoms with E-state index in [9.17, 15) is 14.7 Å². The number of benzene rings is 1. The van der Waals surface area contributed by atoms with Crippen LogP contribution in [0.25, 0.3) is 0 Å². The number of piperidine rings is 2. The van der Waals surface area contributed by atoms with Crippen molar-refractivity contribution in [2.45, 2.75) is 175 Å². The van der Waals surface area contributed by atoms with Crippen LogP contribution in [0.3, 0.4) is 0 Å². The summed E-state index contributed by atoms with van der Waals surface area (Å²) in [5.41, 5.74) is 0.335. The first-order valence-electron chi connectivity index (χ1n) is 17.4. The summed E-state index contributed by atoms with van der Waals surface area (Å²) in [6, 6.07) is 3.92. The van der Waals surface area contributed by atoms with Crippen molar-refractivity contribution in [3.8, 4) is 5.75 Å². The van der Waals surface area contributed by atoms with Crippen LogP contribution in [0.5, 0.6) is 5.75 Å². The molecule has 2 saturated heterocycles. The molecule has 2 aliphatic heterocycles. The lowest BCUT2D eigenvalue weighted by Gasteiger charge is -2.53. The Bertz CT molecular complexity index is 1100. The number of unbranched alkanes of at least 4 members (excludes halogenated alkanes) is 1. The van der Waals surface area contributed by atoms with Crippen LogP contribution in [0.4, 0.5) is 0 Å². The molecule has 2 fully saturated rings.